The van der Waals surface area contributed by atoms with E-state index in [-0.39, 0.29) is 0 Å². The van der Waals surface area contributed by atoms with Crippen LogP contribution in [0.4, 0.5) is 8.78 Å². The van der Waals surface area contributed by atoms with Gasteiger partial charge in [-0.3, -0.25) is 0 Å². The minimum absolute atomic E-state index is 0.381. The standard InChI is InChI=1S/C14H9ClF2N2/c1-7-2-8(4-9(15)3-7)14-18-12-5-10(16)11(17)6-13(12)19-14/h2-6H,1H3,(H,18,19). The molecule has 2 aromatic carbocycles. The lowest BCUT2D eigenvalue weighted by molar-refractivity contribution is 0.510. The number of aromatic nitrogens is 2. The maximum atomic E-state index is 13.1. The van der Waals surface area contributed by atoms with E-state index in [4.69, 9.17) is 11.6 Å². The number of nitrogens with one attached hydrogen (secondary N) is 1. The van der Waals surface area contributed by atoms with Gasteiger partial charge in [0, 0.05) is 22.7 Å². The summed E-state index contributed by atoms with van der Waals surface area (Å²) >= 11 is 5.99. The third-order valence-corrected chi connectivity index (χ3v) is 3.06. The Labute approximate surface area is 113 Å². The molecule has 96 valence electrons. The topological polar surface area (TPSA) is 28.7 Å². The minimum Gasteiger partial charge on any atom is -0.338 e. The van der Waals surface area contributed by atoms with E-state index < -0.39 is 11.6 Å². The monoisotopic (exact) mass is 278 g/mol. The second kappa shape index (κ2) is 4.31. The fourth-order valence-electron chi connectivity index (χ4n) is 2.01. The highest BCUT2D eigenvalue weighted by Gasteiger charge is 2.10. The molecule has 3 rings (SSSR count). The molecule has 3 aromatic rings. The van der Waals surface area contributed by atoms with Gasteiger partial charge in [0.2, 0.25) is 0 Å². The van der Waals surface area contributed by atoms with Crippen molar-refractivity contribution in [3.8, 4) is 11.4 Å². The SMILES string of the molecule is Cc1cc(Cl)cc(-c2nc3cc(F)c(F)cc3[nH]2)c1. The van der Waals surface area contributed by atoms with E-state index >= 15 is 0 Å². The van der Waals surface area contributed by atoms with E-state index in [1.165, 1.54) is 0 Å². The lowest BCUT2D eigenvalue weighted by Crippen LogP contribution is -1.82. The first-order valence-corrected chi connectivity index (χ1v) is 6.03. The zero-order valence-corrected chi connectivity index (χ0v) is 10.7. The highest BCUT2D eigenvalue weighted by Crippen LogP contribution is 2.25. The van der Waals surface area contributed by atoms with Crippen molar-refractivity contribution in [2.75, 3.05) is 0 Å². The van der Waals surface area contributed by atoms with Crippen LogP contribution in [0, 0.1) is 18.6 Å². The van der Waals surface area contributed by atoms with E-state index in [0.29, 0.717) is 21.9 Å². The second-order valence-corrected chi connectivity index (χ2v) is 4.82. The smallest absolute Gasteiger partial charge is 0.161 e. The molecular formula is C14H9ClF2N2. The Kier molecular flexibility index (Phi) is 2.75. The number of H-pyrrole nitrogens is 1. The molecule has 0 fully saturated rings. The van der Waals surface area contributed by atoms with Crippen LogP contribution < -0.4 is 0 Å². The summed E-state index contributed by atoms with van der Waals surface area (Å²) < 4.78 is 26.3. The van der Waals surface area contributed by atoms with Crippen LogP contribution in [0.25, 0.3) is 22.4 Å². The summed E-state index contributed by atoms with van der Waals surface area (Å²) in [5.41, 5.74) is 2.60. The molecule has 0 radical (unpaired) electrons. The molecule has 1 aromatic heterocycles. The van der Waals surface area contributed by atoms with Crippen molar-refractivity contribution in [3.63, 3.8) is 0 Å². The van der Waals surface area contributed by atoms with Crippen molar-refractivity contribution in [1.82, 2.24) is 9.97 Å². The third-order valence-electron chi connectivity index (χ3n) is 2.84. The summed E-state index contributed by atoms with van der Waals surface area (Å²) in [6.07, 6.45) is 0. The molecule has 0 aliphatic carbocycles. The zero-order chi connectivity index (χ0) is 13.6. The number of rotatable bonds is 1. The molecule has 0 saturated carbocycles. The summed E-state index contributed by atoms with van der Waals surface area (Å²) in [6.45, 7) is 1.91. The van der Waals surface area contributed by atoms with E-state index in [0.717, 1.165) is 23.3 Å². The number of aryl methyl sites for hydroxylation is 1. The van der Waals surface area contributed by atoms with Crippen molar-refractivity contribution in [1.29, 1.82) is 0 Å². The Morgan fingerprint density at radius 3 is 2.53 bits per heavy atom. The Morgan fingerprint density at radius 2 is 1.79 bits per heavy atom. The number of benzene rings is 2. The molecule has 0 aliphatic rings. The fraction of sp³-hybridized carbons (Fsp3) is 0.0714. The van der Waals surface area contributed by atoms with Gasteiger partial charge in [-0.15, -0.1) is 0 Å². The van der Waals surface area contributed by atoms with E-state index in [9.17, 15) is 8.78 Å². The molecule has 0 bridgehead atoms. The number of fused-ring (bicyclic) bond motifs is 1. The second-order valence-electron chi connectivity index (χ2n) is 4.39. The van der Waals surface area contributed by atoms with Crippen LogP contribution in [0.2, 0.25) is 5.02 Å². The Bertz CT molecular complexity index is 721. The first-order valence-electron chi connectivity index (χ1n) is 5.65. The number of halogens is 3. The van der Waals surface area contributed by atoms with Gasteiger partial charge >= 0.3 is 0 Å². The molecule has 5 heteroatoms. The summed E-state index contributed by atoms with van der Waals surface area (Å²) in [6, 6.07) is 7.64. The van der Waals surface area contributed by atoms with Crippen LogP contribution in [-0.2, 0) is 0 Å². The molecule has 0 atom stereocenters. The number of aromatic amines is 1. The van der Waals surface area contributed by atoms with Crippen LogP contribution in [0.15, 0.2) is 30.3 Å². The highest BCUT2D eigenvalue weighted by molar-refractivity contribution is 6.30. The molecule has 0 saturated heterocycles. The Balaban J connectivity index is 2.20. The molecule has 0 unspecified atom stereocenters. The summed E-state index contributed by atoms with van der Waals surface area (Å²) in [5, 5.41) is 0.591. The van der Waals surface area contributed by atoms with Gasteiger partial charge in [0.05, 0.1) is 11.0 Å². The van der Waals surface area contributed by atoms with Crippen molar-refractivity contribution < 1.29 is 8.78 Å². The predicted octanol–water partition coefficient (Wildman–Crippen LogP) is 4.47. The van der Waals surface area contributed by atoms with Gasteiger partial charge in [0.15, 0.2) is 11.6 Å². The molecule has 0 spiro atoms. The molecule has 0 aliphatic heterocycles. The number of nitrogens with zero attached hydrogens (tertiary/aromatic N) is 1. The van der Waals surface area contributed by atoms with Crippen LogP contribution in [-0.4, -0.2) is 9.97 Å². The van der Waals surface area contributed by atoms with Crippen LogP contribution in [0.5, 0.6) is 0 Å². The van der Waals surface area contributed by atoms with Gasteiger partial charge in [-0.2, -0.15) is 0 Å². The van der Waals surface area contributed by atoms with Gasteiger partial charge < -0.3 is 4.98 Å². The van der Waals surface area contributed by atoms with E-state index in [2.05, 4.69) is 9.97 Å². The van der Waals surface area contributed by atoms with Crippen molar-refractivity contribution in [3.05, 3.63) is 52.6 Å². The molecular weight excluding hydrogens is 270 g/mol. The maximum Gasteiger partial charge on any atom is 0.161 e. The van der Waals surface area contributed by atoms with Gasteiger partial charge in [-0.1, -0.05) is 11.6 Å². The minimum atomic E-state index is -0.909. The van der Waals surface area contributed by atoms with Crippen molar-refractivity contribution in [2.24, 2.45) is 0 Å². The summed E-state index contributed by atoms with van der Waals surface area (Å²) in [4.78, 5) is 7.20. The number of imidazole rings is 1. The van der Waals surface area contributed by atoms with Gasteiger partial charge in [-0.05, 0) is 30.7 Å². The summed E-state index contributed by atoms with van der Waals surface area (Å²) in [7, 11) is 0. The Hall–Kier alpha value is -1.94. The zero-order valence-electron chi connectivity index (χ0n) is 9.97. The quantitative estimate of drug-likeness (QED) is 0.699. The lowest BCUT2D eigenvalue weighted by Gasteiger charge is -2.00. The average molecular weight is 279 g/mol. The molecule has 0 amide bonds. The first-order chi connectivity index (χ1) is 9.02. The van der Waals surface area contributed by atoms with Crippen LogP contribution >= 0.6 is 11.6 Å². The van der Waals surface area contributed by atoms with Gasteiger partial charge in [0.1, 0.15) is 5.82 Å². The largest absolute Gasteiger partial charge is 0.338 e. The van der Waals surface area contributed by atoms with Gasteiger partial charge in [-0.25, -0.2) is 13.8 Å². The maximum absolute atomic E-state index is 13.1. The molecule has 1 heterocycles. The van der Waals surface area contributed by atoms with Crippen LogP contribution in [0.1, 0.15) is 5.56 Å². The summed E-state index contributed by atoms with van der Waals surface area (Å²) in [5.74, 6) is -1.27. The Morgan fingerprint density at radius 1 is 1.05 bits per heavy atom. The predicted molar refractivity (Wildman–Crippen MR) is 71.2 cm³/mol. The molecule has 2 nitrogen and oxygen atoms in total. The lowest BCUT2D eigenvalue weighted by atomic mass is 10.1. The van der Waals surface area contributed by atoms with Crippen LogP contribution in [0.3, 0.4) is 0 Å². The fourth-order valence-corrected chi connectivity index (χ4v) is 2.30. The van der Waals surface area contributed by atoms with E-state index in [1.807, 2.05) is 19.1 Å². The molecule has 1 N–H and O–H groups in total. The van der Waals surface area contributed by atoms with Crippen molar-refractivity contribution in [2.45, 2.75) is 6.92 Å². The van der Waals surface area contributed by atoms with E-state index in [1.54, 1.807) is 6.07 Å². The first kappa shape index (κ1) is 12.1. The number of hydrogen-bond acceptors (Lipinski definition) is 1. The normalized spacial score (nSPS) is 11.2. The number of hydrogen-bond donors (Lipinski definition) is 1. The van der Waals surface area contributed by atoms with Gasteiger partial charge in [0.25, 0.3) is 0 Å². The molecule has 19 heavy (non-hydrogen) atoms. The highest BCUT2D eigenvalue weighted by atomic mass is 35.5. The third kappa shape index (κ3) is 2.19. The average Bonchev–Trinajstić information content (AvgIpc) is 2.71. The van der Waals surface area contributed by atoms with Crippen molar-refractivity contribution >= 4 is 22.6 Å².